The maximum Gasteiger partial charge on any atom is 0.123 e. The van der Waals surface area contributed by atoms with Crippen molar-refractivity contribution in [3.8, 4) is 11.5 Å². The number of rotatable bonds is 7. The summed E-state index contributed by atoms with van der Waals surface area (Å²) in [4.78, 5) is 0. The van der Waals surface area contributed by atoms with E-state index in [1.807, 2.05) is 24.3 Å². The molecule has 0 fully saturated rings. The number of benzene rings is 1. The van der Waals surface area contributed by atoms with Crippen LogP contribution in [0.4, 0.5) is 0 Å². The Bertz CT molecular complexity index is 337. The molecule has 0 aromatic heterocycles. The molecule has 96 valence electrons. The van der Waals surface area contributed by atoms with Gasteiger partial charge in [0.1, 0.15) is 17.1 Å². The Morgan fingerprint density at radius 1 is 1.24 bits per heavy atom. The van der Waals surface area contributed by atoms with Crippen molar-refractivity contribution in [2.75, 3.05) is 20.2 Å². The average molecular weight is 237 g/mol. The van der Waals surface area contributed by atoms with Crippen LogP contribution in [-0.4, -0.2) is 25.8 Å². The lowest BCUT2D eigenvalue weighted by atomic mass is 10.1. The van der Waals surface area contributed by atoms with Crippen molar-refractivity contribution < 1.29 is 9.47 Å². The van der Waals surface area contributed by atoms with Crippen LogP contribution >= 0.6 is 0 Å². The molecule has 0 bridgehead atoms. The van der Waals surface area contributed by atoms with Crippen LogP contribution in [0.1, 0.15) is 27.2 Å². The molecule has 1 N–H and O–H groups in total. The van der Waals surface area contributed by atoms with Gasteiger partial charge < -0.3 is 14.8 Å². The van der Waals surface area contributed by atoms with Gasteiger partial charge in [-0.15, -0.1) is 0 Å². The van der Waals surface area contributed by atoms with E-state index in [2.05, 4.69) is 26.1 Å². The molecule has 0 aliphatic rings. The van der Waals surface area contributed by atoms with Crippen LogP contribution in [0.5, 0.6) is 11.5 Å². The van der Waals surface area contributed by atoms with Gasteiger partial charge in [0.2, 0.25) is 0 Å². The Balaban J connectivity index is 2.55. The summed E-state index contributed by atoms with van der Waals surface area (Å²) in [6.45, 7) is 8.16. The highest BCUT2D eigenvalue weighted by atomic mass is 16.5. The lowest BCUT2D eigenvalue weighted by Gasteiger charge is -2.27. The first-order valence-electron chi connectivity index (χ1n) is 6.11. The van der Waals surface area contributed by atoms with Crippen LogP contribution in [-0.2, 0) is 0 Å². The summed E-state index contributed by atoms with van der Waals surface area (Å²) in [6, 6.07) is 7.70. The molecule has 1 aromatic rings. The summed E-state index contributed by atoms with van der Waals surface area (Å²) in [6.07, 6.45) is 1.13. The van der Waals surface area contributed by atoms with Crippen molar-refractivity contribution in [1.29, 1.82) is 0 Å². The molecule has 3 heteroatoms. The summed E-state index contributed by atoms with van der Waals surface area (Å²) in [7, 11) is 1.66. The molecule has 1 rings (SSSR count). The molecule has 0 heterocycles. The van der Waals surface area contributed by atoms with E-state index in [1.54, 1.807) is 7.11 Å². The van der Waals surface area contributed by atoms with E-state index in [4.69, 9.17) is 9.47 Å². The van der Waals surface area contributed by atoms with Gasteiger partial charge in [-0.2, -0.15) is 0 Å². The second kappa shape index (κ2) is 6.50. The minimum Gasteiger partial charge on any atom is -0.497 e. The molecular weight excluding hydrogens is 214 g/mol. The van der Waals surface area contributed by atoms with Crippen molar-refractivity contribution in [3.63, 3.8) is 0 Å². The highest BCUT2D eigenvalue weighted by Crippen LogP contribution is 2.22. The van der Waals surface area contributed by atoms with Crippen molar-refractivity contribution in [3.05, 3.63) is 24.3 Å². The van der Waals surface area contributed by atoms with Gasteiger partial charge in [-0.25, -0.2) is 0 Å². The third-order valence-electron chi connectivity index (χ3n) is 2.41. The molecule has 0 unspecified atom stereocenters. The standard InChI is InChI=1S/C14H23NO2/c1-5-9-15-11-14(2,3)17-13-8-6-7-12(10-13)16-4/h6-8,10,15H,5,9,11H2,1-4H3. The highest BCUT2D eigenvalue weighted by Gasteiger charge is 2.19. The van der Waals surface area contributed by atoms with Gasteiger partial charge in [0, 0.05) is 12.6 Å². The Kier molecular flexibility index (Phi) is 5.29. The normalized spacial score (nSPS) is 11.3. The zero-order chi connectivity index (χ0) is 12.7. The lowest BCUT2D eigenvalue weighted by molar-refractivity contribution is 0.108. The molecule has 1 aromatic carbocycles. The largest absolute Gasteiger partial charge is 0.497 e. The van der Waals surface area contributed by atoms with Crippen molar-refractivity contribution in [2.24, 2.45) is 0 Å². The van der Waals surface area contributed by atoms with E-state index in [0.717, 1.165) is 31.0 Å². The predicted molar refractivity (Wildman–Crippen MR) is 70.9 cm³/mol. The zero-order valence-electron chi connectivity index (χ0n) is 11.2. The smallest absolute Gasteiger partial charge is 0.123 e. The minimum atomic E-state index is -0.221. The Morgan fingerprint density at radius 3 is 2.59 bits per heavy atom. The van der Waals surface area contributed by atoms with Crippen LogP contribution in [0.3, 0.4) is 0 Å². The molecule has 0 spiro atoms. The topological polar surface area (TPSA) is 30.5 Å². The number of hydrogen-bond donors (Lipinski definition) is 1. The Labute approximate surface area is 104 Å². The average Bonchev–Trinajstić information content (AvgIpc) is 2.29. The van der Waals surface area contributed by atoms with Crippen LogP contribution in [0.2, 0.25) is 0 Å². The Hall–Kier alpha value is -1.22. The first-order chi connectivity index (χ1) is 8.07. The fourth-order valence-corrected chi connectivity index (χ4v) is 1.59. The SMILES string of the molecule is CCCNCC(C)(C)Oc1cccc(OC)c1. The monoisotopic (exact) mass is 237 g/mol. The minimum absolute atomic E-state index is 0.221. The van der Waals surface area contributed by atoms with E-state index >= 15 is 0 Å². The van der Waals surface area contributed by atoms with Gasteiger partial charge in [-0.05, 0) is 38.9 Å². The fourth-order valence-electron chi connectivity index (χ4n) is 1.59. The van der Waals surface area contributed by atoms with Crippen LogP contribution in [0.25, 0.3) is 0 Å². The van der Waals surface area contributed by atoms with Gasteiger partial charge in [0.15, 0.2) is 0 Å². The quantitative estimate of drug-likeness (QED) is 0.740. The van der Waals surface area contributed by atoms with Crippen LogP contribution in [0, 0.1) is 0 Å². The Morgan fingerprint density at radius 2 is 1.94 bits per heavy atom. The van der Waals surface area contributed by atoms with Crippen LogP contribution in [0.15, 0.2) is 24.3 Å². The van der Waals surface area contributed by atoms with E-state index in [9.17, 15) is 0 Å². The number of nitrogens with one attached hydrogen (secondary N) is 1. The summed E-state index contributed by atoms with van der Waals surface area (Å²) in [5.41, 5.74) is -0.221. The van der Waals surface area contributed by atoms with E-state index in [1.165, 1.54) is 0 Å². The molecule has 0 aliphatic carbocycles. The summed E-state index contributed by atoms with van der Waals surface area (Å²) in [5.74, 6) is 1.66. The van der Waals surface area contributed by atoms with Crippen molar-refractivity contribution in [1.82, 2.24) is 5.32 Å². The van der Waals surface area contributed by atoms with Crippen molar-refractivity contribution >= 4 is 0 Å². The maximum absolute atomic E-state index is 5.95. The predicted octanol–water partition coefficient (Wildman–Crippen LogP) is 2.85. The molecule has 0 atom stereocenters. The molecule has 0 saturated heterocycles. The lowest BCUT2D eigenvalue weighted by Crippen LogP contribution is -2.40. The first-order valence-corrected chi connectivity index (χ1v) is 6.11. The zero-order valence-corrected chi connectivity index (χ0v) is 11.2. The van der Waals surface area contributed by atoms with E-state index in [0.29, 0.717) is 0 Å². The van der Waals surface area contributed by atoms with Gasteiger partial charge in [-0.1, -0.05) is 13.0 Å². The molecule has 3 nitrogen and oxygen atoms in total. The first kappa shape index (κ1) is 13.8. The fraction of sp³-hybridized carbons (Fsp3) is 0.571. The number of ether oxygens (including phenoxy) is 2. The number of methoxy groups -OCH3 is 1. The van der Waals surface area contributed by atoms with E-state index < -0.39 is 0 Å². The van der Waals surface area contributed by atoms with Crippen LogP contribution < -0.4 is 14.8 Å². The highest BCUT2D eigenvalue weighted by molar-refractivity contribution is 5.33. The van der Waals surface area contributed by atoms with Crippen molar-refractivity contribution in [2.45, 2.75) is 32.8 Å². The van der Waals surface area contributed by atoms with E-state index in [-0.39, 0.29) is 5.60 Å². The second-order valence-corrected chi connectivity index (χ2v) is 4.72. The van der Waals surface area contributed by atoms with Gasteiger partial charge >= 0.3 is 0 Å². The summed E-state index contributed by atoms with van der Waals surface area (Å²) < 4.78 is 11.1. The molecule has 17 heavy (non-hydrogen) atoms. The third-order valence-corrected chi connectivity index (χ3v) is 2.41. The second-order valence-electron chi connectivity index (χ2n) is 4.72. The molecule has 0 aliphatic heterocycles. The molecule has 0 amide bonds. The molecular formula is C14H23NO2. The number of hydrogen-bond acceptors (Lipinski definition) is 3. The molecule has 0 radical (unpaired) electrons. The van der Waals surface area contributed by atoms with Gasteiger partial charge in [0.25, 0.3) is 0 Å². The van der Waals surface area contributed by atoms with Gasteiger partial charge in [0.05, 0.1) is 7.11 Å². The molecule has 0 saturated carbocycles. The summed E-state index contributed by atoms with van der Waals surface area (Å²) in [5, 5.41) is 3.37. The van der Waals surface area contributed by atoms with Gasteiger partial charge in [-0.3, -0.25) is 0 Å². The summed E-state index contributed by atoms with van der Waals surface area (Å²) >= 11 is 0. The maximum atomic E-state index is 5.95. The third kappa shape index (κ3) is 5.09.